The SMILES string of the molecule is Cc1ccc(S(=O)(=O)C2CCC(O)C2C)cc1. The van der Waals surface area contributed by atoms with Crippen LogP contribution in [0.15, 0.2) is 29.2 Å². The summed E-state index contributed by atoms with van der Waals surface area (Å²) in [5.74, 6) is -0.179. The van der Waals surface area contributed by atoms with Crippen molar-refractivity contribution in [1.29, 1.82) is 0 Å². The van der Waals surface area contributed by atoms with Crippen molar-refractivity contribution in [1.82, 2.24) is 0 Å². The molecular formula is C13H18O3S. The van der Waals surface area contributed by atoms with Gasteiger partial charge in [0.15, 0.2) is 9.84 Å². The van der Waals surface area contributed by atoms with Crippen LogP contribution in [-0.4, -0.2) is 24.9 Å². The molecule has 1 aromatic rings. The minimum absolute atomic E-state index is 0.179. The zero-order valence-electron chi connectivity index (χ0n) is 10.1. The van der Waals surface area contributed by atoms with Gasteiger partial charge >= 0.3 is 0 Å². The summed E-state index contributed by atoms with van der Waals surface area (Å²) in [6, 6.07) is 6.93. The maximum absolute atomic E-state index is 12.4. The van der Waals surface area contributed by atoms with Crippen molar-refractivity contribution >= 4 is 9.84 Å². The predicted molar refractivity (Wildman–Crippen MR) is 66.6 cm³/mol. The van der Waals surface area contributed by atoms with Crippen LogP contribution in [0.3, 0.4) is 0 Å². The van der Waals surface area contributed by atoms with E-state index in [9.17, 15) is 13.5 Å². The lowest BCUT2D eigenvalue weighted by Gasteiger charge is -2.18. The van der Waals surface area contributed by atoms with Gasteiger partial charge in [-0.1, -0.05) is 24.6 Å². The van der Waals surface area contributed by atoms with Gasteiger partial charge in [-0.25, -0.2) is 8.42 Å². The third kappa shape index (κ3) is 2.24. The lowest BCUT2D eigenvalue weighted by molar-refractivity contribution is 0.142. The number of sulfone groups is 1. The summed E-state index contributed by atoms with van der Waals surface area (Å²) in [5.41, 5.74) is 1.04. The maximum Gasteiger partial charge on any atom is 0.181 e. The van der Waals surface area contributed by atoms with Crippen molar-refractivity contribution in [3.05, 3.63) is 29.8 Å². The molecule has 3 nitrogen and oxygen atoms in total. The van der Waals surface area contributed by atoms with E-state index in [0.29, 0.717) is 17.7 Å². The van der Waals surface area contributed by atoms with Crippen LogP contribution < -0.4 is 0 Å². The molecule has 0 saturated heterocycles. The van der Waals surface area contributed by atoms with Crippen molar-refractivity contribution in [2.75, 3.05) is 0 Å². The first-order valence-corrected chi connectivity index (χ1v) is 7.46. The second-order valence-electron chi connectivity index (χ2n) is 4.90. The Labute approximate surface area is 102 Å². The summed E-state index contributed by atoms with van der Waals surface area (Å²) in [6.45, 7) is 3.74. The van der Waals surface area contributed by atoms with Crippen LogP contribution in [0.2, 0.25) is 0 Å². The smallest absolute Gasteiger partial charge is 0.181 e. The lowest BCUT2D eigenvalue weighted by Crippen LogP contribution is -2.27. The summed E-state index contributed by atoms with van der Waals surface area (Å²) < 4.78 is 24.8. The van der Waals surface area contributed by atoms with Gasteiger partial charge in [-0.3, -0.25) is 0 Å². The summed E-state index contributed by atoms with van der Waals surface area (Å²) in [4.78, 5) is 0.369. The monoisotopic (exact) mass is 254 g/mol. The van der Waals surface area contributed by atoms with E-state index in [1.165, 1.54) is 0 Å². The topological polar surface area (TPSA) is 54.4 Å². The van der Waals surface area contributed by atoms with E-state index in [2.05, 4.69) is 0 Å². The molecule has 1 aliphatic carbocycles. The average Bonchev–Trinajstić information content (AvgIpc) is 2.61. The first-order valence-electron chi connectivity index (χ1n) is 5.91. The number of rotatable bonds is 2. The fourth-order valence-corrected chi connectivity index (χ4v) is 4.51. The van der Waals surface area contributed by atoms with E-state index >= 15 is 0 Å². The second-order valence-corrected chi connectivity index (χ2v) is 7.07. The summed E-state index contributed by atoms with van der Waals surface area (Å²) in [5, 5.41) is 9.21. The molecule has 1 aromatic carbocycles. The van der Waals surface area contributed by atoms with Gasteiger partial charge in [0, 0.05) is 0 Å². The highest BCUT2D eigenvalue weighted by Crippen LogP contribution is 2.34. The van der Waals surface area contributed by atoms with Crippen LogP contribution in [0.1, 0.15) is 25.3 Å². The molecule has 94 valence electrons. The van der Waals surface area contributed by atoms with E-state index in [4.69, 9.17) is 0 Å². The van der Waals surface area contributed by atoms with Gasteiger partial charge in [-0.15, -0.1) is 0 Å². The minimum Gasteiger partial charge on any atom is -0.393 e. The van der Waals surface area contributed by atoms with Crippen LogP contribution in [0.25, 0.3) is 0 Å². The Morgan fingerprint density at radius 1 is 1.18 bits per heavy atom. The first kappa shape index (κ1) is 12.6. The molecule has 0 aliphatic heterocycles. The molecule has 0 heterocycles. The zero-order chi connectivity index (χ0) is 12.6. The maximum atomic E-state index is 12.4. The van der Waals surface area contributed by atoms with Crippen LogP contribution in [0.5, 0.6) is 0 Å². The summed E-state index contributed by atoms with van der Waals surface area (Å²) >= 11 is 0. The van der Waals surface area contributed by atoms with Gasteiger partial charge in [-0.2, -0.15) is 0 Å². The molecule has 0 bridgehead atoms. The minimum atomic E-state index is -3.30. The zero-order valence-corrected chi connectivity index (χ0v) is 10.9. The van der Waals surface area contributed by atoms with Crippen molar-refractivity contribution < 1.29 is 13.5 Å². The van der Waals surface area contributed by atoms with Gasteiger partial charge in [0.25, 0.3) is 0 Å². The highest BCUT2D eigenvalue weighted by molar-refractivity contribution is 7.92. The normalized spacial score (nSPS) is 29.5. The standard InChI is InChI=1S/C13H18O3S/c1-9-3-5-11(6-4-9)17(15,16)13-8-7-12(14)10(13)2/h3-6,10,12-14H,7-8H2,1-2H3. The molecule has 0 spiro atoms. The van der Waals surface area contributed by atoms with Gasteiger partial charge < -0.3 is 5.11 Å². The molecule has 4 heteroatoms. The number of hydrogen-bond donors (Lipinski definition) is 1. The van der Waals surface area contributed by atoms with Gasteiger partial charge in [0.1, 0.15) is 0 Å². The van der Waals surface area contributed by atoms with Crippen molar-refractivity contribution in [3.63, 3.8) is 0 Å². The highest BCUT2D eigenvalue weighted by Gasteiger charge is 2.40. The molecule has 1 N–H and O–H groups in total. The summed E-state index contributed by atoms with van der Waals surface area (Å²) in [6.07, 6.45) is 0.648. The average molecular weight is 254 g/mol. The number of benzene rings is 1. The molecule has 1 aliphatic rings. The molecule has 3 atom stereocenters. The van der Waals surface area contributed by atoms with E-state index < -0.39 is 21.2 Å². The number of aryl methyl sites for hydroxylation is 1. The van der Waals surface area contributed by atoms with Gasteiger partial charge in [-0.05, 0) is 37.8 Å². The Morgan fingerprint density at radius 3 is 2.24 bits per heavy atom. The molecule has 1 fully saturated rings. The van der Waals surface area contributed by atoms with E-state index in [1.807, 2.05) is 26.0 Å². The Balaban J connectivity index is 2.34. The highest BCUT2D eigenvalue weighted by atomic mass is 32.2. The van der Waals surface area contributed by atoms with Gasteiger partial charge in [0.05, 0.1) is 16.2 Å². The van der Waals surface area contributed by atoms with E-state index in [-0.39, 0.29) is 5.92 Å². The largest absolute Gasteiger partial charge is 0.393 e. The molecule has 2 rings (SSSR count). The number of aliphatic hydroxyl groups excluding tert-OH is 1. The van der Waals surface area contributed by atoms with Crippen molar-refractivity contribution in [2.45, 2.75) is 42.9 Å². The Bertz CT molecular complexity index is 490. The van der Waals surface area contributed by atoms with E-state index in [1.54, 1.807) is 12.1 Å². The molecule has 17 heavy (non-hydrogen) atoms. The van der Waals surface area contributed by atoms with Gasteiger partial charge in [0.2, 0.25) is 0 Å². The molecule has 1 saturated carbocycles. The van der Waals surface area contributed by atoms with Crippen LogP contribution in [0.4, 0.5) is 0 Å². The lowest BCUT2D eigenvalue weighted by atomic mass is 10.1. The number of aliphatic hydroxyl groups is 1. The second kappa shape index (κ2) is 4.42. The molecule has 0 amide bonds. The quantitative estimate of drug-likeness (QED) is 0.877. The predicted octanol–water partition coefficient (Wildman–Crippen LogP) is 1.93. The fraction of sp³-hybridized carbons (Fsp3) is 0.538. The van der Waals surface area contributed by atoms with Crippen molar-refractivity contribution in [3.8, 4) is 0 Å². The fourth-order valence-electron chi connectivity index (χ4n) is 2.45. The Hall–Kier alpha value is -0.870. The van der Waals surface area contributed by atoms with Crippen molar-refractivity contribution in [2.24, 2.45) is 5.92 Å². The van der Waals surface area contributed by atoms with Crippen LogP contribution >= 0.6 is 0 Å². The first-order chi connectivity index (χ1) is 7.93. The Kier molecular flexibility index (Phi) is 3.27. The van der Waals surface area contributed by atoms with Crippen LogP contribution in [0, 0.1) is 12.8 Å². The van der Waals surface area contributed by atoms with Crippen LogP contribution in [-0.2, 0) is 9.84 Å². The molecular weight excluding hydrogens is 236 g/mol. The summed E-state index contributed by atoms with van der Waals surface area (Å²) in [7, 11) is -3.30. The van der Waals surface area contributed by atoms with E-state index in [0.717, 1.165) is 5.56 Å². The Morgan fingerprint density at radius 2 is 1.76 bits per heavy atom. The number of hydrogen-bond acceptors (Lipinski definition) is 3. The third-order valence-electron chi connectivity index (χ3n) is 3.69. The molecule has 0 radical (unpaired) electrons. The molecule has 0 aromatic heterocycles. The third-order valence-corrected chi connectivity index (χ3v) is 6.08. The molecule has 3 unspecified atom stereocenters.